The van der Waals surface area contributed by atoms with Gasteiger partial charge in [-0.1, -0.05) is 60.2 Å². The summed E-state index contributed by atoms with van der Waals surface area (Å²) in [5, 5.41) is 2.94. The van der Waals surface area contributed by atoms with Crippen LogP contribution >= 0.6 is 0 Å². The number of nitrogens with zero attached hydrogens (tertiary/aromatic N) is 1. The number of carbonyl (C=O) groups is 2. The Morgan fingerprint density at radius 1 is 1.04 bits per heavy atom. The minimum Gasteiger partial charge on any atom is -0.349 e. The monoisotopic (exact) mass is 378 g/mol. The molecule has 1 N–H and O–H groups in total. The Labute approximate surface area is 167 Å². The average Bonchev–Trinajstić information content (AvgIpc) is 2.69. The van der Waals surface area contributed by atoms with E-state index in [4.69, 9.17) is 0 Å². The summed E-state index contributed by atoms with van der Waals surface area (Å²) in [5.41, 5.74) is 3.52. The van der Waals surface area contributed by atoms with Crippen LogP contribution in [0.4, 0.5) is 0 Å². The van der Waals surface area contributed by atoms with E-state index in [1.54, 1.807) is 0 Å². The third-order valence-corrected chi connectivity index (χ3v) is 5.57. The fraction of sp³-hybridized carbons (Fsp3) is 0.417. The van der Waals surface area contributed by atoms with E-state index in [9.17, 15) is 9.59 Å². The molecule has 2 aromatic rings. The van der Waals surface area contributed by atoms with Gasteiger partial charge in [0.15, 0.2) is 0 Å². The molecule has 1 unspecified atom stereocenters. The van der Waals surface area contributed by atoms with Crippen LogP contribution in [0.5, 0.6) is 0 Å². The van der Waals surface area contributed by atoms with E-state index in [0.29, 0.717) is 12.3 Å². The number of carbonyl (C=O) groups excluding carboxylic acids is 2. The Bertz CT molecular complexity index is 778. The topological polar surface area (TPSA) is 49.4 Å². The molecule has 1 heterocycles. The molecule has 4 heteroatoms. The van der Waals surface area contributed by atoms with E-state index in [2.05, 4.69) is 29.6 Å². The zero-order valence-electron chi connectivity index (χ0n) is 16.9. The van der Waals surface area contributed by atoms with Crippen LogP contribution in [0, 0.1) is 12.8 Å². The quantitative estimate of drug-likeness (QED) is 0.825. The van der Waals surface area contributed by atoms with Gasteiger partial charge in [-0.15, -0.1) is 0 Å². The predicted molar refractivity (Wildman–Crippen MR) is 112 cm³/mol. The SMILES string of the molecule is CC(=O)NC(CC(=O)N1CCC(Cc2ccccc2)CC1)c1ccc(C)cc1. The standard InChI is InChI=1S/C24H30N2O2/c1-18-8-10-22(11-9-18)23(25-19(2)27)17-24(28)26-14-12-21(13-15-26)16-20-6-4-3-5-7-20/h3-11,21,23H,12-17H2,1-2H3,(H,25,27). The first-order valence-electron chi connectivity index (χ1n) is 10.2. The first kappa shape index (κ1) is 20.1. The Morgan fingerprint density at radius 3 is 2.29 bits per heavy atom. The summed E-state index contributed by atoms with van der Waals surface area (Å²) >= 11 is 0. The van der Waals surface area contributed by atoms with Crippen molar-refractivity contribution in [3.8, 4) is 0 Å². The number of nitrogens with one attached hydrogen (secondary N) is 1. The Kier molecular flexibility index (Phi) is 6.85. The number of likely N-dealkylation sites (tertiary alicyclic amines) is 1. The number of benzene rings is 2. The summed E-state index contributed by atoms with van der Waals surface area (Å²) in [7, 11) is 0. The summed E-state index contributed by atoms with van der Waals surface area (Å²) in [6, 6.07) is 18.3. The highest BCUT2D eigenvalue weighted by atomic mass is 16.2. The molecular weight excluding hydrogens is 348 g/mol. The zero-order chi connectivity index (χ0) is 19.9. The fourth-order valence-corrected chi connectivity index (χ4v) is 3.93. The number of piperidine rings is 1. The van der Waals surface area contributed by atoms with Crippen LogP contribution < -0.4 is 5.32 Å². The van der Waals surface area contributed by atoms with E-state index in [1.807, 2.05) is 42.2 Å². The van der Waals surface area contributed by atoms with Crippen molar-refractivity contribution in [2.24, 2.45) is 5.92 Å². The molecule has 28 heavy (non-hydrogen) atoms. The van der Waals surface area contributed by atoms with Crippen molar-refractivity contribution in [1.82, 2.24) is 10.2 Å². The summed E-state index contributed by atoms with van der Waals surface area (Å²) in [4.78, 5) is 26.5. The van der Waals surface area contributed by atoms with Gasteiger partial charge < -0.3 is 10.2 Å². The van der Waals surface area contributed by atoms with E-state index in [-0.39, 0.29) is 17.9 Å². The molecule has 1 fully saturated rings. The normalized spacial score (nSPS) is 15.9. The Balaban J connectivity index is 1.55. The summed E-state index contributed by atoms with van der Waals surface area (Å²) in [5.74, 6) is 0.645. The van der Waals surface area contributed by atoms with E-state index < -0.39 is 0 Å². The van der Waals surface area contributed by atoms with Crippen LogP contribution in [0.3, 0.4) is 0 Å². The minimum atomic E-state index is -0.271. The minimum absolute atomic E-state index is 0.111. The van der Waals surface area contributed by atoms with Crippen LogP contribution in [-0.2, 0) is 16.0 Å². The molecule has 0 spiro atoms. The molecule has 1 aliphatic rings. The highest BCUT2D eigenvalue weighted by molar-refractivity contribution is 5.79. The molecule has 1 saturated heterocycles. The maximum absolute atomic E-state index is 12.9. The third kappa shape index (κ3) is 5.69. The van der Waals surface area contributed by atoms with Gasteiger partial charge in [0.05, 0.1) is 12.5 Å². The largest absolute Gasteiger partial charge is 0.349 e. The lowest BCUT2D eigenvalue weighted by Gasteiger charge is -2.33. The van der Waals surface area contributed by atoms with Gasteiger partial charge in [0.2, 0.25) is 11.8 Å². The second-order valence-corrected chi connectivity index (χ2v) is 7.88. The molecule has 148 valence electrons. The lowest BCUT2D eigenvalue weighted by Crippen LogP contribution is -2.41. The maximum Gasteiger partial charge on any atom is 0.224 e. The van der Waals surface area contributed by atoms with Gasteiger partial charge in [-0.25, -0.2) is 0 Å². The van der Waals surface area contributed by atoms with Gasteiger partial charge >= 0.3 is 0 Å². The van der Waals surface area contributed by atoms with Crippen LogP contribution in [0.2, 0.25) is 0 Å². The molecule has 0 radical (unpaired) electrons. The van der Waals surface area contributed by atoms with E-state index in [1.165, 1.54) is 12.5 Å². The van der Waals surface area contributed by atoms with Crippen molar-refractivity contribution in [2.45, 2.75) is 45.6 Å². The Morgan fingerprint density at radius 2 is 1.68 bits per heavy atom. The van der Waals surface area contributed by atoms with Crippen molar-refractivity contribution in [3.63, 3.8) is 0 Å². The highest BCUT2D eigenvalue weighted by Crippen LogP contribution is 2.24. The number of amides is 2. The lowest BCUT2D eigenvalue weighted by molar-refractivity contribution is -0.133. The van der Waals surface area contributed by atoms with Gasteiger partial charge in [0, 0.05) is 20.0 Å². The molecule has 0 saturated carbocycles. The summed E-state index contributed by atoms with van der Waals surface area (Å²) < 4.78 is 0. The van der Waals surface area contributed by atoms with E-state index in [0.717, 1.165) is 43.5 Å². The number of hydrogen-bond donors (Lipinski definition) is 1. The van der Waals surface area contributed by atoms with Crippen molar-refractivity contribution < 1.29 is 9.59 Å². The Hall–Kier alpha value is -2.62. The molecule has 0 aliphatic carbocycles. The van der Waals surface area contributed by atoms with Gasteiger partial charge in [-0.2, -0.15) is 0 Å². The van der Waals surface area contributed by atoms with Gasteiger partial charge in [-0.3, -0.25) is 9.59 Å². The average molecular weight is 379 g/mol. The molecule has 0 aromatic heterocycles. The third-order valence-electron chi connectivity index (χ3n) is 5.57. The molecular formula is C24H30N2O2. The second kappa shape index (κ2) is 9.54. The molecule has 0 bridgehead atoms. The smallest absolute Gasteiger partial charge is 0.224 e. The second-order valence-electron chi connectivity index (χ2n) is 7.88. The lowest BCUT2D eigenvalue weighted by atomic mass is 9.90. The van der Waals surface area contributed by atoms with Crippen LogP contribution in [0.1, 0.15) is 48.9 Å². The van der Waals surface area contributed by atoms with Crippen LogP contribution in [0.15, 0.2) is 54.6 Å². The van der Waals surface area contributed by atoms with Crippen LogP contribution in [0.25, 0.3) is 0 Å². The predicted octanol–water partition coefficient (Wildman–Crippen LogP) is 4.04. The van der Waals surface area contributed by atoms with Gasteiger partial charge in [0.1, 0.15) is 0 Å². The van der Waals surface area contributed by atoms with Crippen molar-refractivity contribution in [2.75, 3.05) is 13.1 Å². The fourth-order valence-electron chi connectivity index (χ4n) is 3.93. The molecule has 2 amide bonds. The number of rotatable bonds is 6. The number of hydrogen-bond acceptors (Lipinski definition) is 2. The summed E-state index contributed by atoms with van der Waals surface area (Å²) in [6.07, 6.45) is 3.47. The van der Waals surface area contributed by atoms with E-state index >= 15 is 0 Å². The number of aryl methyl sites for hydroxylation is 1. The first-order chi connectivity index (χ1) is 13.5. The summed E-state index contributed by atoms with van der Waals surface area (Å²) in [6.45, 7) is 5.14. The van der Waals surface area contributed by atoms with Crippen molar-refractivity contribution in [1.29, 1.82) is 0 Å². The maximum atomic E-state index is 12.9. The van der Waals surface area contributed by atoms with Gasteiger partial charge in [0.25, 0.3) is 0 Å². The molecule has 3 rings (SSSR count). The van der Waals surface area contributed by atoms with Crippen molar-refractivity contribution in [3.05, 3.63) is 71.3 Å². The van der Waals surface area contributed by atoms with Crippen LogP contribution in [-0.4, -0.2) is 29.8 Å². The van der Waals surface area contributed by atoms with Crippen molar-refractivity contribution >= 4 is 11.8 Å². The highest BCUT2D eigenvalue weighted by Gasteiger charge is 2.25. The molecule has 1 aliphatic heterocycles. The van der Waals surface area contributed by atoms with Gasteiger partial charge in [-0.05, 0) is 43.2 Å². The molecule has 2 aromatic carbocycles. The first-order valence-corrected chi connectivity index (χ1v) is 10.2. The molecule has 4 nitrogen and oxygen atoms in total. The molecule has 1 atom stereocenters. The zero-order valence-corrected chi connectivity index (χ0v) is 16.9.